The number of thiocarbonyl (C=S) groups is 1. The fourth-order valence-electron chi connectivity index (χ4n) is 5.62. The Morgan fingerprint density at radius 2 is 1.85 bits per heavy atom. The normalized spacial score (nSPS) is 23.2. The molecule has 222 valence electrons. The van der Waals surface area contributed by atoms with Crippen LogP contribution in [0.4, 0.5) is 0 Å². The Morgan fingerprint density at radius 3 is 2.56 bits per heavy atom. The van der Waals surface area contributed by atoms with Crippen molar-refractivity contribution in [3.63, 3.8) is 0 Å². The molecule has 0 N–H and O–H groups in total. The van der Waals surface area contributed by atoms with E-state index in [4.69, 9.17) is 21.7 Å². The van der Waals surface area contributed by atoms with Crippen molar-refractivity contribution in [3.8, 4) is 11.8 Å². The molecule has 3 unspecified atom stereocenters. The smallest absolute Gasteiger partial charge is 0.243 e. The van der Waals surface area contributed by atoms with Crippen molar-refractivity contribution in [1.29, 1.82) is 0 Å². The zero-order chi connectivity index (χ0) is 29.5. The maximum atomic E-state index is 13.8. The highest BCUT2D eigenvalue weighted by Crippen LogP contribution is 2.53. The summed E-state index contributed by atoms with van der Waals surface area (Å²) >= 11 is 7.30. The van der Waals surface area contributed by atoms with E-state index in [-0.39, 0.29) is 22.0 Å². The SMILES string of the molecule is Cc1ccc(S(=O)(=O)N2CC(C#CCCOCc3ccccc3)C3(CCCCC3SC(=S)OCC(C)(C)C)C2)cc1. The first kappa shape index (κ1) is 32.0. The number of nitrogens with zero attached hydrogens (tertiary/aromatic N) is 1. The Morgan fingerprint density at radius 1 is 1.12 bits per heavy atom. The summed E-state index contributed by atoms with van der Waals surface area (Å²) in [5, 5.41) is 0.149. The summed E-state index contributed by atoms with van der Waals surface area (Å²) in [6.07, 6.45) is 4.66. The monoisotopic (exact) mass is 613 g/mol. The molecule has 1 aliphatic carbocycles. The lowest BCUT2D eigenvalue weighted by molar-refractivity contribution is 0.126. The van der Waals surface area contributed by atoms with Gasteiger partial charge in [-0.2, -0.15) is 4.31 Å². The summed E-state index contributed by atoms with van der Waals surface area (Å²) in [5.74, 6) is 6.80. The maximum absolute atomic E-state index is 13.8. The quantitative estimate of drug-likeness (QED) is 0.178. The Kier molecular flexibility index (Phi) is 11.0. The molecule has 1 saturated carbocycles. The fraction of sp³-hybridized carbons (Fsp3) is 0.545. The molecular formula is C33H43NO4S3. The van der Waals surface area contributed by atoms with Crippen molar-refractivity contribution >= 4 is 38.4 Å². The van der Waals surface area contributed by atoms with Gasteiger partial charge in [0.1, 0.15) is 0 Å². The molecule has 0 bridgehead atoms. The van der Waals surface area contributed by atoms with Gasteiger partial charge in [0.05, 0.1) is 24.7 Å². The summed E-state index contributed by atoms with van der Waals surface area (Å²) in [5.41, 5.74) is 1.90. The van der Waals surface area contributed by atoms with Crippen LogP contribution in [0.1, 0.15) is 64.0 Å². The molecule has 2 fully saturated rings. The minimum atomic E-state index is -3.65. The van der Waals surface area contributed by atoms with Gasteiger partial charge in [0.2, 0.25) is 14.4 Å². The lowest BCUT2D eigenvalue weighted by atomic mass is 9.67. The van der Waals surface area contributed by atoms with Crippen LogP contribution in [0.25, 0.3) is 0 Å². The first-order chi connectivity index (χ1) is 19.5. The molecule has 1 spiro atoms. The van der Waals surface area contributed by atoms with E-state index in [0.717, 1.165) is 36.8 Å². The molecule has 0 radical (unpaired) electrons. The highest BCUT2D eigenvalue weighted by Gasteiger charge is 2.55. The van der Waals surface area contributed by atoms with E-state index in [9.17, 15) is 8.42 Å². The average molecular weight is 614 g/mol. The first-order valence-electron chi connectivity index (χ1n) is 14.5. The first-order valence-corrected chi connectivity index (χ1v) is 17.2. The Balaban J connectivity index is 1.53. The van der Waals surface area contributed by atoms with Crippen molar-refractivity contribution in [3.05, 3.63) is 65.7 Å². The molecule has 8 heteroatoms. The average Bonchev–Trinajstić information content (AvgIpc) is 3.30. The minimum Gasteiger partial charge on any atom is -0.478 e. The van der Waals surface area contributed by atoms with Gasteiger partial charge in [-0.3, -0.25) is 0 Å². The van der Waals surface area contributed by atoms with Crippen molar-refractivity contribution in [1.82, 2.24) is 4.31 Å². The minimum absolute atomic E-state index is 0.0116. The van der Waals surface area contributed by atoms with E-state index in [2.05, 4.69) is 32.6 Å². The van der Waals surface area contributed by atoms with Gasteiger partial charge in [0.15, 0.2) is 0 Å². The second-order valence-electron chi connectivity index (χ2n) is 12.5. The van der Waals surface area contributed by atoms with Gasteiger partial charge in [0.25, 0.3) is 0 Å². The topological polar surface area (TPSA) is 55.8 Å². The summed E-state index contributed by atoms with van der Waals surface area (Å²) in [7, 11) is -3.65. The number of hydrogen-bond acceptors (Lipinski definition) is 6. The molecule has 3 atom stereocenters. The van der Waals surface area contributed by atoms with Gasteiger partial charge >= 0.3 is 0 Å². The standard InChI is InChI=1S/C33H43NO4S3/c1-26-16-18-29(19-17-26)41(35,36)34-22-28(14-9-11-21-37-23-27-12-6-5-7-13-27)33(24-34)20-10-8-15-30(33)40-31(39)38-25-32(2,3)4/h5-7,12-13,16-19,28,30H,8,10-11,15,20-25H2,1-4H3. The van der Waals surface area contributed by atoms with Crippen LogP contribution >= 0.6 is 24.0 Å². The summed E-state index contributed by atoms with van der Waals surface area (Å²) in [4.78, 5) is 0.338. The molecule has 1 heterocycles. The second-order valence-corrected chi connectivity index (χ2v) is 16.2. The van der Waals surface area contributed by atoms with Gasteiger partial charge in [-0.05, 0) is 55.1 Å². The van der Waals surface area contributed by atoms with Gasteiger partial charge in [0, 0.05) is 36.1 Å². The molecule has 0 amide bonds. The second kappa shape index (κ2) is 14.1. The number of sulfonamides is 1. The zero-order valence-corrected chi connectivity index (χ0v) is 27.2. The summed E-state index contributed by atoms with van der Waals surface area (Å²) in [6.45, 7) is 10.8. The van der Waals surface area contributed by atoms with Crippen molar-refractivity contribution < 1.29 is 17.9 Å². The third-order valence-corrected chi connectivity index (χ3v) is 11.4. The summed E-state index contributed by atoms with van der Waals surface area (Å²) in [6, 6.07) is 17.2. The molecule has 2 aromatic rings. The molecule has 1 aliphatic heterocycles. The molecule has 4 rings (SSSR count). The van der Waals surface area contributed by atoms with E-state index >= 15 is 0 Å². The van der Waals surface area contributed by atoms with Gasteiger partial charge in [-0.1, -0.05) is 99.3 Å². The predicted molar refractivity (Wildman–Crippen MR) is 172 cm³/mol. The highest BCUT2D eigenvalue weighted by molar-refractivity contribution is 8.23. The number of thioether (sulfide) groups is 1. The van der Waals surface area contributed by atoms with Crippen LogP contribution in [-0.2, 0) is 26.1 Å². The van der Waals surface area contributed by atoms with Crippen molar-refractivity contribution in [2.75, 3.05) is 26.3 Å². The van der Waals surface area contributed by atoms with Crippen LogP contribution < -0.4 is 0 Å². The third kappa shape index (κ3) is 8.58. The largest absolute Gasteiger partial charge is 0.478 e. The third-order valence-electron chi connectivity index (χ3n) is 7.83. The molecule has 5 nitrogen and oxygen atoms in total. The van der Waals surface area contributed by atoms with Crippen LogP contribution in [0.5, 0.6) is 0 Å². The number of benzene rings is 2. The van der Waals surface area contributed by atoms with Gasteiger partial charge < -0.3 is 9.47 Å². The van der Waals surface area contributed by atoms with Crippen molar-refractivity contribution in [2.24, 2.45) is 16.7 Å². The number of hydrogen-bond donors (Lipinski definition) is 0. The van der Waals surface area contributed by atoms with Crippen LogP contribution in [-0.4, -0.2) is 48.7 Å². The number of rotatable bonds is 8. The number of aryl methyl sites for hydroxylation is 1. The molecule has 2 aliphatic rings. The summed E-state index contributed by atoms with van der Waals surface area (Å²) < 4.78 is 41.7. The lowest BCUT2D eigenvalue weighted by Gasteiger charge is -2.43. The van der Waals surface area contributed by atoms with E-state index in [0.29, 0.717) is 48.6 Å². The lowest BCUT2D eigenvalue weighted by Crippen LogP contribution is -2.44. The molecule has 0 aromatic heterocycles. The molecule has 41 heavy (non-hydrogen) atoms. The van der Waals surface area contributed by atoms with Crippen LogP contribution in [0.15, 0.2) is 59.5 Å². The van der Waals surface area contributed by atoms with E-state index in [1.807, 2.05) is 49.4 Å². The fourth-order valence-corrected chi connectivity index (χ4v) is 8.79. The molecule has 1 saturated heterocycles. The van der Waals surface area contributed by atoms with E-state index in [1.165, 1.54) is 0 Å². The Labute approximate surface area is 256 Å². The van der Waals surface area contributed by atoms with Crippen molar-refractivity contribution in [2.45, 2.75) is 76.6 Å². The Hall–Kier alpha value is -1.89. The maximum Gasteiger partial charge on any atom is 0.243 e. The molecule has 2 aromatic carbocycles. The molecular weight excluding hydrogens is 571 g/mol. The van der Waals surface area contributed by atoms with Crippen LogP contribution in [0.2, 0.25) is 0 Å². The Bertz CT molecular complexity index is 1330. The number of ether oxygens (including phenoxy) is 2. The highest BCUT2D eigenvalue weighted by atomic mass is 32.2. The zero-order valence-electron chi connectivity index (χ0n) is 24.7. The van der Waals surface area contributed by atoms with Gasteiger partial charge in [-0.15, -0.1) is 5.92 Å². The van der Waals surface area contributed by atoms with Gasteiger partial charge in [-0.25, -0.2) is 8.42 Å². The van der Waals surface area contributed by atoms with E-state index in [1.54, 1.807) is 28.2 Å². The predicted octanol–water partition coefficient (Wildman–Crippen LogP) is 7.24. The van der Waals surface area contributed by atoms with E-state index < -0.39 is 10.0 Å². The van der Waals surface area contributed by atoms with Crippen LogP contribution in [0.3, 0.4) is 0 Å². The van der Waals surface area contributed by atoms with Crippen LogP contribution in [0, 0.1) is 35.5 Å².